The molecule has 2 heterocycles. The minimum atomic E-state index is -4.17. The Bertz CT molecular complexity index is 491. The molecule has 0 bridgehead atoms. The standard InChI is InChI=1S/C13H15F3N2O2/c14-13(15,16)9-3-2-6-18(7-9)8-10-4-1-5-11(17-10)12(19)20/h1,4-5,9H,2-3,6-8H2,(H,19,20). The van der Waals surface area contributed by atoms with E-state index in [0.29, 0.717) is 18.7 Å². The lowest BCUT2D eigenvalue weighted by atomic mass is 9.97. The first-order valence-corrected chi connectivity index (χ1v) is 6.34. The maximum absolute atomic E-state index is 12.7. The second-order valence-corrected chi connectivity index (χ2v) is 4.94. The number of likely N-dealkylation sites (tertiary alicyclic amines) is 1. The molecular weight excluding hydrogens is 273 g/mol. The summed E-state index contributed by atoms with van der Waals surface area (Å²) in [7, 11) is 0. The van der Waals surface area contributed by atoms with E-state index in [1.165, 1.54) is 6.07 Å². The molecular formula is C13H15F3N2O2. The molecule has 1 atom stereocenters. The molecule has 1 aromatic rings. The molecule has 1 saturated heterocycles. The Labute approximate surface area is 114 Å². The number of carboxylic acids is 1. The third-order valence-corrected chi connectivity index (χ3v) is 3.38. The van der Waals surface area contributed by atoms with E-state index in [1.54, 1.807) is 17.0 Å². The first kappa shape index (κ1) is 14.8. The zero-order valence-corrected chi connectivity index (χ0v) is 10.7. The van der Waals surface area contributed by atoms with Gasteiger partial charge < -0.3 is 5.11 Å². The minimum Gasteiger partial charge on any atom is -0.477 e. The summed E-state index contributed by atoms with van der Waals surface area (Å²) in [6, 6.07) is 4.54. The third kappa shape index (κ3) is 3.69. The van der Waals surface area contributed by atoms with E-state index in [0.717, 1.165) is 0 Å². The Morgan fingerprint density at radius 1 is 1.45 bits per heavy atom. The highest BCUT2D eigenvalue weighted by Gasteiger charge is 2.41. The van der Waals surface area contributed by atoms with E-state index in [-0.39, 0.29) is 25.2 Å². The van der Waals surface area contributed by atoms with Gasteiger partial charge in [0, 0.05) is 13.1 Å². The highest BCUT2D eigenvalue weighted by atomic mass is 19.4. The highest BCUT2D eigenvalue weighted by Crippen LogP contribution is 2.33. The monoisotopic (exact) mass is 288 g/mol. The number of rotatable bonds is 3. The molecule has 1 aliphatic heterocycles. The molecule has 1 unspecified atom stereocenters. The summed E-state index contributed by atoms with van der Waals surface area (Å²) in [4.78, 5) is 16.4. The normalized spacial score (nSPS) is 20.9. The van der Waals surface area contributed by atoms with Gasteiger partial charge in [0.05, 0.1) is 11.6 Å². The van der Waals surface area contributed by atoms with Crippen LogP contribution >= 0.6 is 0 Å². The number of pyridine rings is 1. The number of carbonyl (C=O) groups is 1. The molecule has 20 heavy (non-hydrogen) atoms. The van der Waals surface area contributed by atoms with Crippen LogP contribution in [0.2, 0.25) is 0 Å². The van der Waals surface area contributed by atoms with Crippen molar-refractivity contribution in [3.8, 4) is 0 Å². The molecule has 0 aliphatic carbocycles. The fourth-order valence-corrected chi connectivity index (χ4v) is 2.38. The maximum Gasteiger partial charge on any atom is 0.393 e. The van der Waals surface area contributed by atoms with Crippen molar-refractivity contribution in [1.29, 1.82) is 0 Å². The van der Waals surface area contributed by atoms with Gasteiger partial charge in [0.1, 0.15) is 5.69 Å². The van der Waals surface area contributed by atoms with Crippen LogP contribution in [-0.4, -0.2) is 40.2 Å². The van der Waals surface area contributed by atoms with Gasteiger partial charge in [-0.2, -0.15) is 13.2 Å². The number of halogens is 3. The van der Waals surface area contributed by atoms with Crippen LogP contribution in [0.15, 0.2) is 18.2 Å². The van der Waals surface area contributed by atoms with Crippen molar-refractivity contribution in [2.45, 2.75) is 25.6 Å². The largest absolute Gasteiger partial charge is 0.477 e. The van der Waals surface area contributed by atoms with Crippen LogP contribution in [-0.2, 0) is 6.54 Å². The van der Waals surface area contributed by atoms with Gasteiger partial charge in [-0.05, 0) is 31.5 Å². The number of hydrogen-bond donors (Lipinski definition) is 1. The molecule has 0 radical (unpaired) electrons. The van der Waals surface area contributed by atoms with Crippen molar-refractivity contribution in [2.75, 3.05) is 13.1 Å². The minimum absolute atomic E-state index is 0.0531. The fourth-order valence-electron chi connectivity index (χ4n) is 2.38. The second-order valence-electron chi connectivity index (χ2n) is 4.94. The Hall–Kier alpha value is -1.63. The van der Waals surface area contributed by atoms with Gasteiger partial charge in [-0.1, -0.05) is 6.07 Å². The lowest BCUT2D eigenvalue weighted by molar-refractivity contribution is -0.187. The Morgan fingerprint density at radius 3 is 2.85 bits per heavy atom. The molecule has 110 valence electrons. The van der Waals surface area contributed by atoms with Gasteiger partial charge >= 0.3 is 12.1 Å². The maximum atomic E-state index is 12.7. The van der Waals surface area contributed by atoms with Crippen LogP contribution in [0.5, 0.6) is 0 Å². The van der Waals surface area contributed by atoms with Crippen LogP contribution in [0.3, 0.4) is 0 Å². The first-order valence-electron chi connectivity index (χ1n) is 6.34. The number of piperidine rings is 1. The quantitative estimate of drug-likeness (QED) is 0.928. The first-order chi connectivity index (χ1) is 9.36. The highest BCUT2D eigenvalue weighted by molar-refractivity contribution is 5.85. The number of hydrogen-bond acceptors (Lipinski definition) is 3. The summed E-state index contributed by atoms with van der Waals surface area (Å²) in [5.74, 6) is -2.45. The topological polar surface area (TPSA) is 53.4 Å². The van der Waals surface area contributed by atoms with E-state index >= 15 is 0 Å². The number of aromatic carboxylic acids is 1. The summed E-state index contributed by atoms with van der Waals surface area (Å²) < 4.78 is 38.1. The predicted octanol–water partition coefficient (Wildman–Crippen LogP) is 2.55. The van der Waals surface area contributed by atoms with Crippen molar-refractivity contribution in [3.63, 3.8) is 0 Å². The van der Waals surface area contributed by atoms with Gasteiger partial charge in [0.15, 0.2) is 0 Å². The molecule has 2 rings (SSSR count). The molecule has 1 aliphatic rings. The summed E-state index contributed by atoms with van der Waals surface area (Å²) in [5.41, 5.74) is 0.389. The predicted molar refractivity (Wildman–Crippen MR) is 65.3 cm³/mol. The molecule has 1 N–H and O–H groups in total. The summed E-state index contributed by atoms with van der Waals surface area (Å²) >= 11 is 0. The third-order valence-electron chi connectivity index (χ3n) is 3.38. The molecule has 1 fully saturated rings. The van der Waals surface area contributed by atoms with Crippen LogP contribution in [0, 0.1) is 5.92 Å². The van der Waals surface area contributed by atoms with Crippen molar-refractivity contribution in [1.82, 2.24) is 9.88 Å². The Balaban J connectivity index is 2.03. The number of carboxylic acid groups (broad SMARTS) is 1. The number of nitrogens with zero attached hydrogens (tertiary/aromatic N) is 2. The van der Waals surface area contributed by atoms with Crippen LogP contribution in [0.1, 0.15) is 29.0 Å². The molecule has 7 heteroatoms. The zero-order valence-electron chi connectivity index (χ0n) is 10.7. The van der Waals surface area contributed by atoms with Crippen molar-refractivity contribution in [3.05, 3.63) is 29.6 Å². The molecule has 0 amide bonds. The smallest absolute Gasteiger partial charge is 0.393 e. The van der Waals surface area contributed by atoms with Crippen molar-refractivity contribution < 1.29 is 23.1 Å². The second kappa shape index (κ2) is 5.78. The molecule has 0 aromatic carbocycles. The van der Waals surface area contributed by atoms with Gasteiger partial charge in [-0.25, -0.2) is 9.78 Å². The van der Waals surface area contributed by atoms with Crippen molar-refractivity contribution >= 4 is 5.97 Å². The van der Waals surface area contributed by atoms with E-state index in [1.807, 2.05) is 0 Å². The zero-order chi connectivity index (χ0) is 14.8. The average molecular weight is 288 g/mol. The van der Waals surface area contributed by atoms with Crippen LogP contribution in [0.25, 0.3) is 0 Å². The summed E-state index contributed by atoms with van der Waals surface area (Å²) in [6.07, 6.45) is -3.53. The fraction of sp³-hybridized carbons (Fsp3) is 0.538. The summed E-state index contributed by atoms with van der Waals surface area (Å²) in [6.45, 7) is 0.766. The van der Waals surface area contributed by atoms with Gasteiger partial charge in [0.25, 0.3) is 0 Å². The number of aromatic nitrogens is 1. The van der Waals surface area contributed by atoms with Gasteiger partial charge in [-0.15, -0.1) is 0 Å². The summed E-state index contributed by atoms with van der Waals surface area (Å²) in [5, 5.41) is 8.84. The Kier molecular flexibility index (Phi) is 4.27. The van der Waals surface area contributed by atoms with Crippen molar-refractivity contribution in [2.24, 2.45) is 5.92 Å². The van der Waals surface area contributed by atoms with Crippen LogP contribution < -0.4 is 0 Å². The SMILES string of the molecule is O=C(O)c1cccc(CN2CCCC(C(F)(F)F)C2)n1. The Morgan fingerprint density at radius 2 is 2.20 bits per heavy atom. The van der Waals surface area contributed by atoms with E-state index in [9.17, 15) is 18.0 Å². The average Bonchev–Trinajstić information content (AvgIpc) is 2.38. The molecule has 4 nitrogen and oxygen atoms in total. The molecule has 0 spiro atoms. The van der Waals surface area contributed by atoms with Crippen LogP contribution in [0.4, 0.5) is 13.2 Å². The van der Waals surface area contributed by atoms with E-state index in [2.05, 4.69) is 4.98 Å². The van der Waals surface area contributed by atoms with Gasteiger partial charge in [0.2, 0.25) is 0 Å². The molecule has 0 saturated carbocycles. The van der Waals surface area contributed by atoms with Gasteiger partial charge in [-0.3, -0.25) is 4.90 Å². The lowest BCUT2D eigenvalue weighted by Crippen LogP contribution is -2.41. The lowest BCUT2D eigenvalue weighted by Gasteiger charge is -2.33. The number of alkyl halides is 3. The van der Waals surface area contributed by atoms with E-state index in [4.69, 9.17) is 5.11 Å². The molecule has 1 aromatic heterocycles. The van der Waals surface area contributed by atoms with E-state index < -0.39 is 18.1 Å².